The van der Waals surface area contributed by atoms with Crippen molar-refractivity contribution in [2.24, 2.45) is 0 Å². The number of hydroxylamine groups is 2. The van der Waals surface area contributed by atoms with Crippen molar-refractivity contribution in [1.82, 2.24) is 14.6 Å². The molecule has 1 aliphatic heterocycles. The predicted octanol–water partition coefficient (Wildman–Crippen LogP) is 1.18. The van der Waals surface area contributed by atoms with Crippen LogP contribution in [-0.4, -0.2) is 21.2 Å². The highest BCUT2D eigenvalue weighted by Crippen LogP contribution is 2.23. The van der Waals surface area contributed by atoms with Gasteiger partial charge < -0.3 is 0 Å². The van der Waals surface area contributed by atoms with Crippen LogP contribution in [-0.2, 0) is 11.4 Å². The van der Waals surface area contributed by atoms with Crippen LogP contribution >= 0.6 is 0 Å². The van der Waals surface area contributed by atoms with Crippen molar-refractivity contribution >= 4 is 0 Å². The lowest BCUT2D eigenvalue weighted by molar-refractivity contribution is -0.176. The molecule has 0 radical (unpaired) electrons. The SMILES string of the molecule is Cc1cn([C@H]2CCN(Cc3ccccc3)O2)c(=O)[nH]c1=O. The van der Waals surface area contributed by atoms with E-state index >= 15 is 0 Å². The van der Waals surface area contributed by atoms with Crippen LogP contribution in [0.25, 0.3) is 0 Å². The third kappa shape index (κ3) is 2.96. The quantitative estimate of drug-likeness (QED) is 0.920. The highest BCUT2D eigenvalue weighted by Gasteiger charge is 2.26. The maximum Gasteiger partial charge on any atom is 0.330 e. The molecule has 0 spiro atoms. The van der Waals surface area contributed by atoms with Crippen molar-refractivity contribution in [3.8, 4) is 0 Å². The van der Waals surface area contributed by atoms with Crippen molar-refractivity contribution in [2.75, 3.05) is 6.54 Å². The summed E-state index contributed by atoms with van der Waals surface area (Å²) in [5.74, 6) is 0. The summed E-state index contributed by atoms with van der Waals surface area (Å²) in [4.78, 5) is 31.3. The topological polar surface area (TPSA) is 67.3 Å². The van der Waals surface area contributed by atoms with Crippen LogP contribution in [0.3, 0.4) is 0 Å². The Morgan fingerprint density at radius 1 is 1.29 bits per heavy atom. The molecular weight excluding hydrogens is 270 g/mol. The highest BCUT2D eigenvalue weighted by atomic mass is 16.7. The van der Waals surface area contributed by atoms with Crippen molar-refractivity contribution in [3.05, 3.63) is 68.5 Å². The summed E-state index contributed by atoms with van der Waals surface area (Å²) in [5, 5.41) is 1.84. The van der Waals surface area contributed by atoms with Crippen molar-refractivity contribution < 1.29 is 4.84 Å². The van der Waals surface area contributed by atoms with E-state index in [0.29, 0.717) is 18.5 Å². The minimum atomic E-state index is -0.433. The number of hydrogen-bond acceptors (Lipinski definition) is 4. The summed E-state index contributed by atoms with van der Waals surface area (Å²) in [7, 11) is 0. The summed E-state index contributed by atoms with van der Waals surface area (Å²) >= 11 is 0. The van der Waals surface area contributed by atoms with Crippen molar-refractivity contribution in [2.45, 2.75) is 26.1 Å². The molecule has 1 saturated heterocycles. The molecule has 1 aromatic heterocycles. The van der Waals surface area contributed by atoms with Gasteiger partial charge in [0.2, 0.25) is 0 Å². The summed E-state index contributed by atoms with van der Waals surface area (Å²) in [6, 6.07) is 10.0. The molecule has 110 valence electrons. The van der Waals surface area contributed by atoms with E-state index in [1.54, 1.807) is 13.1 Å². The molecule has 0 aliphatic carbocycles. The lowest BCUT2D eigenvalue weighted by Gasteiger charge is -2.17. The van der Waals surface area contributed by atoms with Crippen LogP contribution in [0.1, 0.15) is 23.8 Å². The number of nitrogens with zero attached hydrogens (tertiary/aromatic N) is 2. The van der Waals surface area contributed by atoms with Gasteiger partial charge in [0, 0.05) is 31.3 Å². The molecule has 1 N–H and O–H groups in total. The van der Waals surface area contributed by atoms with E-state index in [2.05, 4.69) is 4.98 Å². The molecule has 2 heterocycles. The third-order valence-electron chi connectivity index (χ3n) is 3.55. The van der Waals surface area contributed by atoms with Gasteiger partial charge in [0.15, 0.2) is 6.23 Å². The zero-order chi connectivity index (χ0) is 14.8. The first-order chi connectivity index (χ1) is 10.1. The van der Waals surface area contributed by atoms with Crippen LogP contribution in [0.5, 0.6) is 0 Å². The fourth-order valence-electron chi connectivity index (χ4n) is 2.43. The summed E-state index contributed by atoms with van der Waals surface area (Å²) in [6.07, 6.45) is 1.90. The van der Waals surface area contributed by atoms with Gasteiger partial charge in [0.1, 0.15) is 0 Å². The lowest BCUT2D eigenvalue weighted by atomic mass is 10.2. The maximum atomic E-state index is 11.9. The summed E-state index contributed by atoms with van der Waals surface area (Å²) in [5.41, 5.74) is 0.871. The van der Waals surface area contributed by atoms with E-state index in [0.717, 1.165) is 12.1 Å². The van der Waals surface area contributed by atoms with Gasteiger partial charge in [0.05, 0.1) is 0 Å². The molecule has 21 heavy (non-hydrogen) atoms. The van der Waals surface area contributed by atoms with Crippen molar-refractivity contribution in [1.29, 1.82) is 0 Å². The Labute approximate surface area is 121 Å². The molecule has 1 aliphatic rings. The van der Waals surface area contributed by atoms with E-state index in [9.17, 15) is 9.59 Å². The lowest BCUT2D eigenvalue weighted by Crippen LogP contribution is -2.33. The standard InChI is InChI=1S/C15H17N3O3/c1-11-9-18(15(20)16-14(11)19)13-7-8-17(21-13)10-12-5-3-2-4-6-12/h2-6,9,13H,7-8,10H2,1H3,(H,16,19,20)/t13-/m1/s1. The molecule has 0 unspecified atom stereocenters. The monoisotopic (exact) mass is 287 g/mol. The minimum Gasteiger partial charge on any atom is -0.274 e. The smallest absolute Gasteiger partial charge is 0.274 e. The number of hydrogen-bond donors (Lipinski definition) is 1. The molecule has 0 saturated carbocycles. The first-order valence-electron chi connectivity index (χ1n) is 6.91. The molecule has 1 aromatic carbocycles. The van der Waals surface area contributed by atoms with Gasteiger partial charge in [-0.3, -0.25) is 19.2 Å². The van der Waals surface area contributed by atoms with Gasteiger partial charge in [-0.05, 0) is 12.5 Å². The fourth-order valence-corrected chi connectivity index (χ4v) is 2.43. The number of aromatic amines is 1. The molecule has 1 atom stereocenters. The summed E-state index contributed by atoms with van der Waals surface area (Å²) in [6.45, 7) is 3.09. The minimum absolute atomic E-state index is 0.351. The van der Waals surface area contributed by atoms with E-state index < -0.39 is 5.69 Å². The van der Waals surface area contributed by atoms with E-state index in [1.165, 1.54) is 4.57 Å². The van der Waals surface area contributed by atoms with Gasteiger partial charge in [-0.15, -0.1) is 0 Å². The van der Waals surface area contributed by atoms with Crippen LogP contribution in [0.2, 0.25) is 0 Å². The highest BCUT2D eigenvalue weighted by molar-refractivity contribution is 5.14. The van der Waals surface area contributed by atoms with E-state index in [4.69, 9.17) is 4.84 Å². The third-order valence-corrected chi connectivity index (χ3v) is 3.55. The largest absolute Gasteiger partial charge is 0.330 e. The van der Waals surface area contributed by atoms with Gasteiger partial charge in [-0.2, -0.15) is 5.06 Å². The van der Waals surface area contributed by atoms with Gasteiger partial charge in [-0.25, -0.2) is 4.79 Å². The first-order valence-corrected chi connectivity index (χ1v) is 6.91. The molecule has 1 fully saturated rings. The van der Waals surface area contributed by atoms with Crippen molar-refractivity contribution in [3.63, 3.8) is 0 Å². The van der Waals surface area contributed by atoms with Crippen LogP contribution in [0.15, 0.2) is 46.1 Å². The Morgan fingerprint density at radius 3 is 2.81 bits per heavy atom. The molecule has 0 amide bonds. The number of benzene rings is 1. The number of nitrogens with one attached hydrogen (secondary N) is 1. The van der Waals surface area contributed by atoms with Gasteiger partial charge in [-0.1, -0.05) is 30.3 Å². The first kappa shape index (κ1) is 13.8. The molecule has 3 rings (SSSR count). The predicted molar refractivity (Wildman–Crippen MR) is 77.7 cm³/mol. The number of H-pyrrole nitrogens is 1. The second-order valence-electron chi connectivity index (χ2n) is 5.18. The Balaban J connectivity index is 1.74. The second kappa shape index (κ2) is 5.67. The van der Waals surface area contributed by atoms with Gasteiger partial charge in [0.25, 0.3) is 5.56 Å². The van der Waals surface area contributed by atoms with Crippen LogP contribution in [0, 0.1) is 6.92 Å². The number of aromatic nitrogens is 2. The Hall–Kier alpha value is -2.18. The Bertz CT molecular complexity index is 736. The second-order valence-corrected chi connectivity index (χ2v) is 5.18. The summed E-state index contributed by atoms with van der Waals surface area (Å²) < 4.78 is 1.45. The zero-order valence-electron chi connectivity index (χ0n) is 11.8. The molecule has 6 heteroatoms. The van der Waals surface area contributed by atoms with E-state index in [-0.39, 0.29) is 11.8 Å². The fraction of sp³-hybridized carbons (Fsp3) is 0.333. The Morgan fingerprint density at radius 2 is 2.05 bits per heavy atom. The molecule has 2 aromatic rings. The molecular formula is C15H17N3O3. The van der Waals surface area contributed by atoms with Crippen LogP contribution in [0.4, 0.5) is 0 Å². The average Bonchev–Trinajstić information content (AvgIpc) is 2.92. The average molecular weight is 287 g/mol. The molecule has 6 nitrogen and oxygen atoms in total. The number of aryl methyl sites for hydroxylation is 1. The van der Waals surface area contributed by atoms with Gasteiger partial charge >= 0.3 is 5.69 Å². The normalized spacial score (nSPS) is 19.0. The Kier molecular flexibility index (Phi) is 3.72. The molecule has 0 bridgehead atoms. The number of rotatable bonds is 3. The van der Waals surface area contributed by atoms with Crippen LogP contribution < -0.4 is 11.2 Å². The zero-order valence-corrected chi connectivity index (χ0v) is 11.8. The van der Waals surface area contributed by atoms with E-state index in [1.807, 2.05) is 35.4 Å². The maximum absolute atomic E-state index is 11.9.